The summed E-state index contributed by atoms with van der Waals surface area (Å²) in [6.07, 6.45) is -4.86. The zero-order chi connectivity index (χ0) is 17.4. The van der Waals surface area contributed by atoms with E-state index in [4.69, 9.17) is 9.47 Å². The summed E-state index contributed by atoms with van der Waals surface area (Å²) >= 11 is 0. The molecule has 2 aromatic rings. The lowest BCUT2D eigenvalue weighted by Crippen LogP contribution is -2.62. The van der Waals surface area contributed by atoms with Crippen molar-refractivity contribution in [1.82, 2.24) is 5.32 Å². The second kappa shape index (κ2) is 5.74. The molecular weight excluding hydrogens is 323 g/mol. The second-order valence-corrected chi connectivity index (χ2v) is 5.19. The number of amides is 1. The molecule has 0 saturated heterocycles. The molecule has 1 amide bonds. The zero-order valence-corrected chi connectivity index (χ0v) is 12.7. The van der Waals surface area contributed by atoms with Gasteiger partial charge in [0.05, 0.1) is 12.2 Å². The number of fused-ring (bicyclic) bond motifs is 1. The minimum Gasteiger partial charge on any atom is -0.494 e. The Morgan fingerprint density at radius 2 is 1.88 bits per heavy atom. The van der Waals surface area contributed by atoms with Crippen LogP contribution in [0.15, 0.2) is 48.5 Å². The molecule has 0 unspecified atom stereocenters. The van der Waals surface area contributed by atoms with Gasteiger partial charge in [0.25, 0.3) is 5.91 Å². The number of nitrogens with one attached hydrogen (secondary N) is 1. The maximum Gasteiger partial charge on any atom is 0.453 e. The quantitative estimate of drug-likeness (QED) is 0.930. The average molecular weight is 337 g/mol. The Hall–Kier alpha value is -2.70. The number of carbonyl (C=O) groups is 1. The van der Waals surface area contributed by atoms with Crippen LogP contribution in [0.3, 0.4) is 0 Å². The third kappa shape index (κ3) is 2.55. The minimum absolute atomic E-state index is 0.0225. The molecule has 0 fully saturated rings. The zero-order valence-electron chi connectivity index (χ0n) is 12.7. The van der Waals surface area contributed by atoms with E-state index in [0.717, 1.165) is 0 Å². The maximum atomic E-state index is 13.8. The molecule has 1 N–H and O–H groups in total. The van der Waals surface area contributed by atoms with Gasteiger partial charge in [-0.25, -0.2) is 0 Å². The maximum absolute atomic E-state index is 13.8. The van der Waals surface area contributed by atoms with Gasteiger partial charge in [-0.3, -0.25) is 4.79 Å². The van der Waals surface area contributed by atoms with Crippen LogP contribution in [-0.2, 0) is 5.72 Å². The Bertz CT molecular complexity index is 761. The molecule has 1 aliphatic rings. The van der Waals surface area contributed by atoms with Crippen LogP contribution in [0.5, 0.6) is 11.5 Å². The lowest BCUT2D eigenvalue weighted by Gasteiger charge is -2.40. The van der Waals surface area contributed by atoms with Crippen molar-refractivity contribution in [2.75, 3.05) is 6.61 Å². The highest BCUT2D eigenvalue weighted by atomic mass is 19.4. The standard InChI is InChI=1S/C17H14F3NO3/c1-2-23-12-8-9-13-14(10-12)24-16(17(18,19)20,21-15(13)22)11-6-4-3-5-7-11/h3-10H,2H2,1H3,(H,21,22)/t16-/m1/s1. The molecule has 2 aromatic carbocycles. The second-order valence-electron chi connectivity index (χ2n) is 5.19. The van der Waals surface area contributed by atoms with E-state index >= 15 is 0 Å². The number of ether oxygens (including phenoxy) is 2. The summed E-state index contributed by atoms with van der Waals surface area (Å²) in [6.45, 7) is 2.09. The van der Waals surface area contributed by atoms with Crippen LogP contribution in [0, 0.1) is 0 Å². The summed E-state index contributed by atoms with van der Waals surface area (Å²) in [5.41, 5.74) is -3.13. The van der Waals surface area contributed by atoms with Crippen molar-refractivity contribution < 1.29 is 27.4 Å². The van der Waals surface area contributed by atoms with Crippen molar-refractivity contribution >= 4 is 5.91 Å². The first kappa shape index (κ1) is 16.2. The highest BCUT2D eigenvalue weighted by Gasteiger charge is 2.62. The van der Waals surface area contributed by atoms with Gasteiger partial charge in [0.1, 0.15) is 11.5 Å². The largest absolute Gasteiger partial charge is 0.494 e. The van der Waals surface area contributed by atoms with Crippen LogP contribution in [0.1, 0.15) is 22.8 Å². The van der Waals surface area contributed by atoms with Crippen molar-refractivity contribution in [2.24, 2.45) is 0 Å². The molecule has 0 radical (unpaired) electrons. The van der Waals surface area contributed by atoms with Crippen molar-refractivity contribution in [3.63, 3.8) is 0 Å². The van der Waals surface area contributed by atoms with E-state index in [1.165, 1.54) is 42.5 Å². The van der Waals surface area contributed by atoms with Crippen molar-refractivity contribution in [3.8, 4) is 11.5 Å². The topological polar surface area (TPSA) is 47.6 Å². The molecule has 4 nitrogen and oxygen atoms in total. The van der Waals surface area contributed by atoms with Crippen molar-refractivity contribution in [1.29, 1.82) is 0 Å². The molecule has 0 aromatic heterocycles. The van der Waals surface area contributed by atoms with E-state index in [1.807, 2.05) is 5.32 Å². The molecule has 3 rings (SSSR count). The average Bonchev–Trinajstić information content (AvgIpc) is 2.54. The van der Waals surface area contributed by atoms with E-state index in [1.54, 1.807) is 13.0 Å². The molecule has 0 spiro atoms. The van der Waals surface area contributed by atoms with Crippen LogP contribution in [-0.4, -0.2) is 18.7 Å². The van der Waals surface area contributed by atoms with Gasteiger partial charge in [0, 0.05) is 11.6 Å². The Balaban J connectivity index is 2.14. The number of rotatable bonds is 3. The summed E-state index contributed by atoms with van der Waals surface area (Å²) < 4.78 is 52.0. The molecule has 1 heterocycles. The number of hydrogen-bond acceptors (Lipinski definition) is 3. The van der Waals surface area contributed by atoms with Crippen LogP contribution in [0.4, 0.5) is 13.2 Å². The van der Waals surface area contributed by atoms with Crippen molar-refractivity contribution in [3.05, 3.63) is 59.7 Å². The SMILES string of the molecule is CCOc1ccc2c(c1)O[C@](c1ccccc1)(C(F)(F)F)NC2=O. The normalized spacial score (nSPS) is 19.9. The molecule has 0 bridgehead atoms. The summed E-state index contributed by atoms with van der Waals surface area (Å²) in [5, 5.41) is 1.97. The van der Waals surface area contributed by atoms with Crippen LogP contribution < -0.4 is 14.8 Å². The molecule has 126 valence electrons. The molecule has 0 saturated carbocycles. The van der Waals surface area contributed by atoms with Crippen molar-refractivity contribution in [2.45, 2.75) is 18.8 Å². The van der Waals surface area contributed by atoms with E-state index < -0.39 is 17.8 Å². The monoisotopic (exact) mass is 337 g/mol. The van der Waals surface area contributed by atoms with E-state index in [-0.39, 0.29) is 16.9 Å². The number of hydrogen-bond donors (Lipinski definition) is 1. The Morgan fingerprint density at radius 3 is 2.50 bits per heavy atom. The number of halogens is 3. The summed E-state index contributed by atoms with van der Waals surface area (Å²) in [4.78, 5) is 12.3. The molecule has 24 heavy (non-hydrogen) atoms. The fourth-order valence-electron chi connectivity index (χ4n) is 2.55. The molecule has 1 aliphatic heterocycles. The summed E-state index contributed by atoms with van der Waals surface area (Å²) in [7, 11) is 0. The fraction of sp³-hybridized carbons (Fsp3) is 0.235. The molecule has 1 atom stereocenters. The summed E-state index contributed by atoms with van der Waals surface area (Å²) in [5.74, 6) is -0.707. The van der Waals surface area contributed by atoms with Gasteiger partial charge in [-0.1, -0.05) is 30.3 Å². The van der Waals surface area contributed by atoms with Gasteiger partial charge in [0.15, 0.2) is 0 Å². The van der Waals surface area contributed by atoms with E-state index in [2.05, 4.69) is 0 Å². The third-order valence-electron chi connectivity index (χ3n) is 3.64. The Labute approximate surface area is 136 Å². The molecular formula is C17H14F3NO3. The highest BCUT2D eigenvalue weighted by Crippen LogP contribution is 2.44. The lowest BCUT2D eigenvalue weighted by molar-refractivity contribution is -0.265. The first-order chi connectivity index (χ1) is 11.4. The van der Waals surface area contributed by atoms with Gasteiger partial charge >= 0.3 is 11.9 Å². The van der Waals surface area contributed by atoms with E-state index in [0.29, 0.717) is 12.4 Å². The Morgan fingerprint density at radius 1 is 1.17 bits per heavy atom. The predicted molar refractivity (Wildman–Crippen MR) is 79.9 cm³/mol. The van der Waals surface area contributed by atoms with Gasteiger partial charge < -0.3 is 14.8 Å². The van der Waals surface area contributed by atoms with Gasteiger partial charge in [-0.05, 0) is 19.1 Å². The van der Waals surface area contributed by atoms with Gasteiger partial charge in [-0.2, -0.15) is 13.2 Å². The number of carbonyl (C=O) groups excluding carboxylic acids is 1. The van der Waals surface area contributed by atoms with Crippen LogP contribution in [0.25, 0.3) is 0 Å². The minimum atomic E-state index is -4.86. The third-order valence-corrected chi connectivity index (χ3v) is 3.64. The smallest absolute Gasteiger partial charge is 0.453 e. The Kier molecular flexibility index (Phi) is 3.87. The first-order valence-corrected chi connectivity index (χ1v) is 7.28. The highest BCUT2D eigenvalue weighted by molar-refractivity contribution is 5.98. The fourth-order valence-corrected chi connectivity index (χ4v) is 2.55. The van der Waals surface area contributed by atoms with Gasteiger partial charge in [-0.15, -0.1) is 0 Å². The first-order valence-electron chi connectivity index (χ1n) is 7.28. The lowest BCUT2D eigenvalue weighted by atomic mass is 9.98. The van der Waals surface area contributed by atoms with Gasteiger partial charge in [0.2, 0.25) is 0 Å². The molecule has 7 heteroatoms. The molecule has 0 aliphatic carbocycles. The number of alkyl halides is 3. The van der Waals surface area contributed by atoms with Crippen LogP contribution >= 0.6 is 0 Å². The van der Waals surface area contributed by atoms with Crippen LogP contribution in [0.2, 0.25) is 0 Å². The number of benzene rings is 2. The summed E-state index contributed by atoms with van der Waals surface area (Å²) in [6, 6.07) is 11.2. The predicted octanol–water partition coefficient (Wildman–Crippen LogP) is 3.62. The van der Waals surface area contributed by atoms with E-state index in [9.17, 15) is 18.0 Å².